The SMILES string of the molecule is NS(=O)(=O)N1CCN(C(=O)C2Cc3ccccc3C2)CC1. The highest BCUT2D eigenvalue weighted by molar-refractivity contribution is 7.86. The topological polar surface area (TPSA) is 83.7 Å². The molecule has 2 N–H and O–H groups in total. The molecule has 0 saturated carbocycles. The highest BCUT2D eigenvalue weighted by Crippen LogP contribution is 2.28. The van der Waals surface area contributed by atoms with Gasteiger partial charge in [-0.05, 0) is 24.0 Å². The highest BCUT2D eigenvalue weighted by Gasteiger charge is 2.33. The molecule has 1 saturated heterocycles. The minimum Gasteiger partial charge on any atom is -0.340 e. The Kier molecular flexibility index (Phi) is 3.73. The van der Waals surface area contributed by atoms with Crippen LogP contribution in [0.25, 0.3) is 0 Å². The molecular weight excluding hydrogens is 290 g/mol. The van der Waals surface area contributed by atoms with Gasteiger partial charge in [0.1, 0.15) is 0 Å². The van der Waals surface area contributed by atoms with Crippen LogP contribution in [0, 0.1) is 5.92 Å². The maximum Gasteiger partial charge on any atom is 0.277 e. The third kappa shape index (κ3) is 2.95. The van der Waals surface area contributed by atoms with Crippen LogP contribution in [0.4, 0.5) is 0 Å². The number of nitrogens with two attached hydrogens (primary N) is 1. The van der Waals surface area contributed by atoms with E-state index in [9.17, 15) is 13.2 Å². The molecule has 1 heterocycles. The second-order valence-electron chi connectivity index (χ2n) is 5.64. The van der Waals surface area contributed by atoms with Crippen molar-refractivity contribution in [3.63, 3.8) is 0 Å². The van der Waals surface area contributed by atoms with E-state index in [1.54, 1.807) is 4.90 Å². The lowest BCUT2D eigenvalue weighted by molar-refractivity contribution is -0.136. The van der Waals surface area contributed by atoms with Gasteiger partial charge in [0, 0.05) is 32.1 Å². The number of hydrogen-bond acceptors (Lipinski definition) is 3. The standard InChI is InChI=1S/C14H19N3O3S/c15-21(19,20)17-7-5-16(6-8-17)14(18)13-9-11-3-1-2-4-12(11)10-13/h1-4,13H,5-10H2,(H2,15,19,20). The Hall–Kier alpha value is -1.44. The summed E-state index contributed by atoms with van der Waals surface area (Å²) in [5.74, 6) is 0.115. The van der Waals surface area contributed by atoms with Crippen LogP contribution < -0.4 is 5.14 Å². The molecule has 3 rings (SSSR count). The summed E-state index contributed by atoms with van der Waals surface area (Å²) in [6, 6.07) is 8.14. The Bertz CT molecular complexity index is 626. The van der Waals surface area contributed by atoms with Crippen LogP contribution in [-0.2, 0) is 27.8 Å². The van der Waals surface area contributed by atoms with Crippen molar-refractivity contribution in [2.24, 2.45) is 11.1 Å². The molecule has 1 aliphatic heterocycles. The Balaban J connectivity index is 1.61. The number of carbonyl (C=O) groups excluding carboxylic acids is 1. The number of amides is 1. The molecule has 7 heteroatoms. The first-order valence-corrected chi connectivity index (χ1v) is 8.59. The molecule has 0 aromatic heterocycles. The van der Waals surface area contributed by atoms with Crippen molar-refractivity contribution in [2.45, 2.75) is 12.8 Å². The summed E-state index contributed by atoms with van der Waals surface area (Å²) in [6.45, 7) is 1.40. The van der Waals surface area contributed by atoms with Crippen molar-refractivity contribution in [3.05, 3.63) is 35.4 Å². The average Bonchev–Trinajstić information content (AvgIpc) is 2.89. The van der Waals surface area contributed by atoms with Crippen molar-refractivity contribution in [2.75, 3.05) is 26.2 Å². The zero-order valence-electron chi connectivity index (χ0n) is 11.7. The summed E-state index contributed by atoms with van der Waals surface area (Å²) < 4.78 is 23.8. The van der Waals surface area contributed by atoms with Crippen molar-refractivity contribution in [1.29, 1.82) is 0 Å². The van der Waals surface area contributed by atoms with E-state index in [1.165, 1.54) is 15.4 Å². The molecule has 1 aromatic rings. The predicted octanol–water partition coefficient (Wildman–Crippen LogP) is -0.251. The van der Waals surface area contributed by atoms with Crippen molar-refractivity contribution in [3.8, 4) is 0 Å². The van der Waals surface area contributed by atoms with Gasteiger partial charge in [-0.1, -0.05) is 24.3 Å². The summed E-state index contributed by atoms with van der Waals surface area (Å²) >= 11 is 0. The van der Waals surface area contributed by atoms with Gasteiger partial charge in [0.25, 0.3) is 10.2 Å². The molecule has 0 spiro atoms. The van der Waals surface area contributed by atoms with Gasteiger partial charge in [0.15, 0.2) is 0 Å². The quantitative estimate of drug-likeness (QED) is 0.817. The van der Waals surface area contributed by atoms with Gasteiger partial charge in [-0.3, -0.25) is 4.79 Å². The number of carbonyl (C=O) groups is 1. The molecule has 0 atom stereocenters. The molecule has 0 bridgehead atoms. The van der Waals surface area contributed by atoms with Gasteiger partial charge in [-0.15, -0.1) is 0 Å². The Morgan fingerprint density at radius 2 is 1.57 bits per heavy atom. The van der Waals surface area contributed by atoms with Gasteiger partial charge < -0.3 is 4.90 Å². The molecule has 0 unspecified atom stereocenters. The van der Waals surface area contributed by atoms with Crippen LogP contribution in [0.3, 0.4) is 0 Å². The lowest BCUT2D eigenvalue weighted by Crippen LogP contribution is -2.53. The lowest BCUT2D eigenvalue weighted by atomic mass is 10.0. The van der Waals surface area contributed by atoms with E-state index in [0.29, 0.717) is 13.1 Å². The van der Waals surface area contributed by atoms with E-state index in [0.717, 1.165) is 12.8 Å². The fourth-order valence-corrected chi connectivity index (χ4v) is 3.83. The Labute approximate surface area is 124 Å². The smallest absolute Gasteiger partial charge is 0.277 e. The van der Waals surface area contributed by atoms with E-state index in [-0.39, 0.29) is 24.9 Å². The van der Waals surface area contributed by atoms with E-state index >= 15 is 0 Å². The minimum atomic E-state index is -3.64. The maximum absolute atomic E-state index is 12.6. The fourth-order valence-electron chi connectivity index (χ4n) is 3.15. The summed E-state index contributed by atoms with van der Waals surface area (Å²) in [6.07, 6.45) is 1.56. The van der Waals surface area contributed by atoms with E-state index in [4.69, 9.17) is 5.14 Å². The molecule has 1 aromatic carbocycles. The van der Waals surface area contributed by atoms with Crippen molar-refractivity contribution < 1.29 is 13.2 Å². The third-order valence-corrected chi connectivity index (χ3v) is 5.40. The molecular formula is C14H19N3O3S. The third-order valence-electron chi connectivity index (χ3n) is 4.31. The fraction of sp³-hybridized carbons (Fsp3) is 0.500. The molecule has 114 valence electrons. The first-order chi connectivity index (χ1) is 9.95. The van der Waals surface area contributed by atoms with Crippen molar-refractivity contribution in [1.82, 2.24) is 9.21 Å². The first kappa shape index (κ1) is 14.5. The maximum atomic E-state index is 12.6. The number of fused-ring (bicyclic) bond motifs is 1. The number of benzene rings is 1. The molecule has 6 nitrogen and oxygen atoms in total. The molecule has 1 fully saturated rings. The van der Waals surface area contributed by atoms with Crippen LogP contribution in [0.15, 0.2) is 24.3 Å². The largest absolute Gasteiger partial charge is 0.340 e. The Morgan fingerprint density at radius 1 is 1.05 bits per heavy atom. The van der Waals surface area contributed by atoms with Crippen LogP contribution in [-0.4, -0.2) is 49.7 Å². The molecule has 2 aliphatic rings. The molecule has 21 heavy (non-hydrogen) atoms. The van der Waals surface area contributed by atoms with E-state index < -0.39 is 10.2 Å². The van der Waals surface area contributed by atoms with Gasteiger partial charge in [0.05, 0.1) is 0 Å². The number of piperazine rings is 1. The van der Waals surface area contributed by atoms with Crippen LogP contribution in [0.2, 0.25) is 0 Å². The van der Waals surface area contributed by atoms with Gasteiger partial charge in [-0.2, -0.15) is 12.7 Å². The van der Waals surface area contributed by atoms with Gasteiger partial charge in [-0.25, -0.2) is 5.14 Å². The van der Waals surface area contributed by atoms with Gasteiger partial charge >= 0.3 is 0 Å². The summed E-state index contributed by atoms with van der Waals surface area (Å²) in [5, 5.41) is 5.11. The number of nitrogens with zero attached hydrogens (tertiary/aromatic N) is 2. The van der Waals surface area contributed by atoms with Crippen LogP contribution in [0.5, 0.6) is 0 Å². The van der Waals surface area contributed by atoms with Gasteiger partial charge in [0.2, 0.25) is 5.91 Å². The second-order valence-corrected chi connectivity index (χ2v) is 7.19. The van der Waals surface area contributed by atoms with Crippen molar-refractivity contribution >= 4 is 16.1 Å². The zero-order chi connectivity index (χ0) is 15.0. The Morgan fingerprint density at radius 3 is 2.05 bits per heavy atom. The molecule has 0 radical (unpaired) electrons. The lowest BCUT2D eigenvalue weighted by Gasteiger charge is -2.34. The zero-order valence-corrected chi connectivity index (χ0v) is 12.6. The highest BCUT2D eigenvalue weighted by atomic mass is 32.2. The van der Waals surface area contributed by atoms with E-state index in [1.807, 2.05) is 12.1 Å². The summed E-state index contributed by atoms with van der Waals surface area (Å²) in [5.41, 5.74) is 2.50. The average molecular weight is 309 g/mol. The molecule has 1 amide bonds. The van der Waals surface area contributed by atoms with Crippen LogP contribution >= 0.6 is 0 Å². The predicted molar refractivity (Wildman–Crippen MR) is 78.6 cm³/mol. The molecule has 1 aliphatic carbocycles. The number of rotatable bonds is 2. The number of hydrogen-bond donors (Lipinski definition) is 1. The first-order valence-electron chi connectivity index (χ1n) is 7.08. The van der Waals surface area contributed by atoms with Crippen LogP contribution in [0.1, 0.15) is 11.1 Å². The van der Waals surface area contributed by atoms with E-state index in [2.05, 4.69) is 12.1 Å². The second kappa shape index (κ2) is 5.40. The minimum absolute atomic E-state index is 0.0107. The summed E-state index contributed by atoms with van der Waals surface area (Å²) in [7, 11) is -3.64. The normalized spacial score (nSPS) is 20.5. The monoisotopic (exact) mass is 309 g/mol. The summed E-state index contributed by atoms with van der Waals surface area (Å²) in [4.78, 5) is 14.3.